The summed E-state index contributed by atoms with van der Waals surface area (Å²) in [5.41, 5.74) is 2.65. The molecule has 160 valence electrons. The van der Waals surface area contributed by atoms with Gasteiger partial charge in [-0.15, -0.1) is 0 Å². The molecule has 2 N–H and O–H groups in total. The summed E-state index contributed by atoms with van der Waals surface area (Å²) in [5, 5.41) is 19.9. The Morgan fingerprint density at radius 2 is 1.62 bits per heavy atom. The molecule has 1 heterocycles. The van der Waals surface area contributed by atoms with Crippen LogP contribution in [0.1, 0.15) is 26.3 Å². The minimum Gasteiger partial charge on any atom is -0.491 e. The Morgan fingerprint density at radius 3 is 2.38 bits per heavy atom. The van der Waals surface area contributed by atoms with Crippen LogP contribution >= 0.6 is 0 Å². The van der Waals surface area contributed by atoms with E-state index in [2.05, 4.69) is 0 Å². The second-order valence-electron chi connectivity index (χ2n) is 7.80. The molecule has 1 aromatic heterocycles. The molecular weight excluding hydrogens is 408 g/mol. The van der Waals surface area contributed by atoms with Gasteiger partial charge in [0.1, 0.15) is 30.0 Å². The quantitative estimate of drug-likeness (QED) is 0.463. The normalized spacial score (nSPS) is 13.7. The van der Waals surface area contributed by atoms with E-state index in [1.807, 2.05) is 36.4 Å². The molecule has 5 rings (SSSR count). The van der Waals surface area contributed by atoms with Crippen LogP contribution in [0.4, 0.5) is 0 Å². The Bertz CT molecular complexity index is 1360. The minimum absolute atomic E-state index is 0.0225. The SMILES string of the molecule is Cc1c(-c2ccc(OCC(O)CO)cc2)oc2c1C(=O)C(=O)c1c-2ccc2ccccc12. The predicted molar refractivity (Wildman–Crippen MR) is 119 cm³/mol. The molecule has 0 radical (unpaired) electrons. The molecule has 1 unspecified atom stereocenters. The summed E-state index contributed by atoms with van der Waals surface area (Å²) in [4.78, 5) is 26.1. The van der Waals surface area contributed by atoms with Gasteiger partial charge in [-0.3, -0.25) is 9.59 Å². The third-order valence-electron chi connectivity index (χ3n) is 5.75. The lowest BCUT2D eigenvalue weighted by Gasteiger charge is -2.15. The Balaban J connectivity index is 1.58. The van der Waals surface area contributed by atoms with E-state index in [1.54, 1.807) is 31.2 Å². The fourth-order valence-corrected chi connectivity index (χ4v) is 4.13. The standard InChI is InChI=1S/C26H20O6/c1-14-21-23(29)24(30)22-19-5-3-2-4-15(19)8-11-20(22)26(21)32-25(14)16-6-9-18(10-7-16)31-13-17(28)12-27/h2-11,17,27-28H,12-13H2,1H3. The van der Waals surface area contributed by atoms with Crippen molar-refractivity contribution in [2.75, 3.05) is 13.2 Å². The molecule has 0 bridgehead atoms. The Morgan fingerprint density at radius 1 is 0.906 bits per heavy atom. The summed E-state index contributed by atoms with van der Waals surface area (Å²) in [6.45, 7) is 1.38. The van der Waals surface area contributed by atoms with Gasteiger partial charge in [-0.05, 0) is 48.0 Å². The molecule has 0 aliphatic heterocycles. The Hall–Kier alpha value is -3.74. The van der Waals surface area contributed by atoms with Crippen LogP contribution in [0.2, 0.25) is 0 Å². The number of rotatable bonds is 5. The van der Waals surface area contributed by atoms with Crippen molar-refractivity contribution in [3.63, 3.8) is 0 Å². The largest absolute Gasteiger partial charge is 0.491 e. The van der Waals surface area contributed by atoms with Crippen molar-refractivity contribution in [3.8, 4) is 28.4 Å². The van der Waals surface area contributed by atoms with Crippen molar-refractivity contribution in [3.05, 3.63) is 77.4 Å². The van der Waals surface area contributed by atoms with Crippen molar-refractivity contribution in [2.24, 2.45) is 0 Å². The number of fused-ring (bicyclic) bond motifs is 5. The van der Waals surface area contributed by atoms with E-state index in [0.717, 1.165) is 16.3 Å². The van der Waals surface area contributed by atoms with E-state index in [1.165, 1.54) is 0 Å². The molecule has 1 aliphatic rings. The van der Waals surface area contributed by atoms with Gasteiger partial charge in [0.15, 0.2) is 0 Å². The molecule has 0 saturated heterocycles. The van der Waals surface area contributed by atoms with E-state index < -0.39 is 17.7 Å². The number of carbonyl (C=O) groups excluding carboxylic acids is 2. The molecule has 0 saturated carbocycles. The number of furan rings is 1. The highest BCUT2D eigenvalue weighted by atomic mass is 16.5. The van der Waals surface area contributed by atoms with Gasteiger partial charge in [0, 0.05) is 22.3 Å². The fourth-order valence-electron chi connectivity index (χ4n) is 4.13. The lowest BCUT2D eigenvalue weighted by Crippen LogP contribution is -2.21. The lowest BCUT2D eigenvalue weighted by atomic mass is 9.84. The smallest absolute Gasteiger partial charge is 0.237 e. The monoisotopic (exact) mass is 428 g/mol. The first kappa shape index (κ1) is 20.2. The molecule has 3 aromatic carbocycles. The third-order valence-corrected chi connectivity index (χ3v) is 5.75. The van der Waals surface area contributed by atoms with Gasteiger partial charge in [0.25, 0.3) is 0 Å². The number of aliphatic hydroxyl groups is 2. The average molecular weight is 428 g/mol. The summed E-state index contributed by atoms with van der Waals surface area (Å²) >= 11 is 0. The van der Waals surface area contributed by atoms with E-state index in [9.17, 15) is 14.7 Å². The van der Waals surface area contributed by atoms with E-state index in [4.69, 9.17) is 14.3 Å². The number of benzene rings is 3. The molecule has 6 heteroatoms. The maximum absolute atomic E-state index is 13.0. The van der Waals surface area contributed by atoms with Crippen molar-refractivity contribution in [1.82, 2.24) is 0 Å². The highest BCUT2D eigenvalue weighted by Gasteiger charge is 2.37. The molecule has 1 atom stereocenters. The van der Waals surface area contributed by atoms with Crippen molar-refractivity contribution < 1.29 is 29.0 Å². The summed E-state index contributed by atoms with van der Waals surface area (Å²) in [7, 11) is 0. The molecular formula is C26H20O6. The first-order chi connectivity index (χ1) is 15.5. The van der Waals surface area contributed by atoms with Crippen LogP contribution in [0.25, 0.3) is 33.4 Å². The van der Waals surface area contributed by atoms with Crippen molar-refractivity contribution >= 4 is 22.3 Å². The molecule has 6 nitrogen and oxygen atoms in total. The maximum Gasteiger partial charge on any atom is 0.237 e. The van der Waals surface area contributed by atoms with Crippen LogP contribution < -0.4 is 4.74 Å². The minimum atomic E-state index is -0.951. The molecule has 1 aliphatic carbocycles. The lowest BCUT2D eigenvalue weighted by molar-refractivity contribution is 0.0536. The second kappa shape index (κ2) is 7.75. The van der Waals surface area contributed by atoms with Gasteiger partial charge in [-0.2, -0.15) is 0 Å². The van der Waals surface area contributed by atoms with Crippen LogP contribution in [0.5, 0.6) is 5.75 Å². The number of hydrogen-bond donors (Lipinski definition) is 2. The highest BCUT2D eigenvalue weighted by Crippen LogP contribution is 2.43. The Kier molecular flexibility index (Phi) is 4.89. The average Bonchev–Trinajstić information content (AvgIpc) is 3.18. The van der Waals surface area contributed by atoms with Gasteiger partial charge >= 0.3 is 0 Å². The molecule has 4 aromatic rings. The highest BCUT2D eigenvalue weighted by molar-refractivity contribution is 6.54. The number of aliphatic hydroxyl groups excluding tert-OH is 2. The number of ketones is 2. The summed E-state index contributed by atoms with van der Waals surface area (Å²) in [6.07, 6.45) is -0.951. The fraction of sp³-hybridized carbons (Fsp3) is 0.154. The van der Waals surface area contributed by atoms with Crippen LogP contribution in [-0.2, 0) is 0 Å². The van der Waals surface area contributed by atoms with Crippen LogP contribution in [0, 0.1) is 6.92 Å². The van der Waals surface area contributed by atoms with Gasteiger partial charge in [-0.25, -0.2) is 0 Å². The zero-order chi connectivity index (χ0) is 22.4. The number of carbonyl (C=O) groups is 2. The zero-order valence-electron chi connectivity index (χ0n) is 17.3. The van der Waals surface area contributed by atoms with Gasteiger partial charge in [0.05, 0.1) is 12.2 Å². The molecule has 0 amide bonds. The third kappa shape index (κ3) is 3.12. The predicted octanol–water partition coefficient (Wildman–Crippen LogP) is 4.19. The summed E-state index contributed by atoms with van der Waals surface area (Å²) in [6, 6.07) is 18.2. The second-order valence-corrected chi connectivity index (χ2v) is 7.80. The van der Waals surface area contributed by atoms with Crippen molar-refractivity contribution in [1.29, 1.82) is 0 Å². The van der Waals surface area contributed by atoms with E-state index >= 15 is 0 Å². The number of ether oxygens (including phenoxy) is 1. The summed E-state index contributed by atoms with van der Waals surface area (Å²) in [5.74, 6) is 0.367. The first-order valence-electron chi connectivity index (χ1n) is 10.3. The number of Topliss-reactive ketones (excluding diaryl/α,β-unsaturated/α-hetero) is 2. The van der Waals surface area contributed by atoms with Crippen molar-refractivity contribution in [2.45, 2.75) is 13.0 Å². The van der Waals surface area contributed by atoms with Gasteiger partial charge in [-0.1, -0.05) is 30.3 Å². The topological polar surface area (TPSA) is 97.0 Å². The van der Waals surface area contributed by atoms with Gasteiger partial charge < -0.3 is 19.4 Å². The van der Waals surface area contributed by atoms with Crippen LogP contribution in [-0.4, -0.2) is 41.1 Å². The number of hydrogen-bond acceptors (Lipinski definition) is 6. The summed E-state index contributed by atoms with van der Waals surface area (Å²) < 4.78 is 11.6. The molecule has 0 fully saturated rings. The first-order valence-corrected chi connectivity index (χ1v) is 10.3. The van der Waals surface area contributed by atoms with Crippen LogP contribution in [0.3, 0.4) is 0 Å². The Labute approximate surface area is 183 Å². The van der Waals surface area contributed by atoms with Gasteiger partial charge in [0.2, 0.25) is 11.6 Å². The molecule has 0 spiro atoms. The maximum atomic E-state index is 13.0. The van der Waals surface area contributed by atoms with E-state index in [0.29, 0.717) is 39.5 Å². The molecule has 32 heavy (non-hydrogen) atoms. The zero-order valence-corrected chi connectivity index (χ0v) is 17.3. The van der Waals surface area contributed by atoms with Crippen LogP contribution in [0.15, 0.2) is 65.1 Å². The van der Waals surface area contributed by atoms with E-state index in [-0.39, 0.29) is 13.2 Å².